The average molecular weight is 517 g/mol. The maximum Gasteiger partial charge on any atom is 0.280 e. The summed E-state index contributed by atoms with van der Waals surface area (Å²) in [5, 5.41) is 17.9. The Morgan fingerprint density at radius 1 is 1.32 bits per heavy atom. The van der Waals surface area contributed by atoms with Crippen LogP contribution in [0.15, 0.2) is 55.2 Å². The van der Waals surface area contributed by atoms with Crippen molar-refractivity contribution in [1.29, 1.82) is 0 Å². The summed E-state index contributed by atoms with van der Waals surface area (Å²) >= 11 is 9.15. The second-order valence-electron chi connectivity index (χ2n) is 7.92. The Labute approximate surface area is 210 Å². The molecular weight excluding hydrogens is 492 g/mol. The molecule has 34 heavy (non-hydrogen) atoms. The van der Waals surface area contributed by atoms with Gasteiger partial charge in [-0.15, -0.1) is 11.3 Å². The van der Waals surface area contributed by atoms with Crippen LogP contribution in [0.4, 0.5) is 5.69 Å². The molecule has 4 aromatic rings. The number of pyridine rings is 2. The first-order valence-electron chi connectivity index (χ1n) is 10.8. The Balaban J connectivity index is 0.000000207. The molecule has 8 nitrogen and oxygen atoms in total. The van der Waals surface area contributed by atoms with Crippen molar-refractivity contribution in [3.8, 4) is 10.4 Å². The zero-order valence-electron chi connectivity index (χ0n) is 18.5. The highest BCUT2D eigenvalue weighted by atomic mass is 35.5. The third-order valence-corrected chi connectivity index (χ3v) is 7.34. The first-order valence-corrected chi connectivity index (χ1v) is 12.9. The van der Waals surface area contributed by atoms with E-state index in [0.29, 0.717) is 16.6 Å². The molecule has 1 unspecified atom stereocenters. The lowest BCUT2D eigenvalue weighted by Gasteiger charge is -2.07. The fourth-order valence-corrected chi connectivity index (χ4v) is 4.63. The smallest absolute Gasteiger partial charge is 0.280 e. The Hall–Kier alpha value is -2.66. The molecule has 11 heteroatoms. The van der Waals surface area contributed by atoms with Gasteiger partial charge in [0.15, 0.2) is 5.01 Å². The van der Waals surface area contributed by atoms with E-state index in [4.69, 9.17) is 16.7 Å². The van der Waals surface area contributed by atoms with Crippen molar-refractivity contribution in [2.24, 2.45) is 5.92 Å². The van der Waals surface area contributed by atoms with Gasteiger partial charge in [0.2, 0.25) is 0 Å². The molecule has 1 fully saturated rings. The van der Waals surface area contributed by atoms with E-state index in [1.165, 1.54) is 24.2 Å². The van der Waals surface area contributed by atoms with Gasteiger partial charge < -0.3 is 15.1 Å². The van der Waals surface area contributed by atoms with Gasteiger partial charge in [-0.3, -0.25) is 9.78 Å². The molecule has 4 heterocycles. The monoisotopic (exact) mass is 516 g/mol. The van der Waals surface area contributed by atoms with Crippen LogP contribution in [0.3, 0.4) is 0 Å². The zero-order valence-corrected chi connectivity index (χ0v) is 20.9. The molecule has 0 radical (unpaired) electrons. The first kappa shape index (κ1) is 24.5. The molecule has 5 rings (SSSR count). The number of carbonyl (C=O) groups is 1. The summed E-state index contributed by atoms with van der Waals surface area (Å²) in [4.78, 5) is 21.0. The number of hydrogen-bond donors (Lipinski definition) is 3. The van der Waals surface area contributed by atoms with Gasteiger partial charge in [-0.1, -0.05) is 18.5 Å². The number of anilines is 1. The van der Waals surface area contributed by atoms with Crippen LogP contribution in [0.25, 0.3) is 16.0 Å². The number of nitrogens with one attached hydrogen (secondary N) is 2. The number of aliphatic hydroxyl groups is 1. The van der Waals surface area contributed by atoms with Crippen LogP contribution in [0.2, 0.25) is 5.02 Å². The van der Waals surface area contributed by atoms with Crippen LogP contribution in [-0.2, 0) is 0 Å². The number of aromatic nitrogens is 4. The topological polar surface area (TPSA) is 104 Å². The predicted octanol–water partition coefficient (Wildman–Crippen LogP) is 4.77. The number of amides is 1. The van der Waals surface area contributed by atoms with Crippen molar-refractivity contribution in [3.05, 3.63) is 65.3 Å². The molecule has 3 N–H and O–H groups in total. The number of nitrogens with zero attached hydrogens (tertiary/aromatic N) is 4. The molecule has 0 bridgehead atoms. The molecule has 1 atom stereocenters. The van der Waals surface area contributed by atoms with Crippen LogP contribution in [0.1, 0.15) is 29.6 Å². The summed E-state index contributed by atoms with van der Waals surface area (Å²) in [7, 11) is 0. The maximum absolute atomic E-state index is 12.1. The minimum Gasteiger partial charge on any atom is -0.396 e. The fraction of sp³-hybridized carbons (Fsp3) is 0.304. The van der Waals surface area contributed by atoms with E-state index >= 15 is 0 Å². The van der Waals surface area contributed by atoms with Crippen molar-refractivity contribution in [1.82, 2.24) is 24.9 Å². The number of rotatable bonds is 8. The van der Waals surface area contributed by atoms with Gasteiger partial charge in [-0.05, 0) is 55.0 Å². The Morgan fingerprint density at radius 3 is 2.85 bits per heavy atom. The molecule has 4 aromatic heterocycles. The SMILES string of the molecule is CC(CO)CNC(=O)c1ncc(-c2cnn3ccc(Cl)cc23)s1.c1cc(NSC2CC2)ccn1. The van der Waals surface area contributed by atoms with Gasteiger partial charge in [0, 0.05) is 59.5 Å². The number of fused-ring (bicyclic) bond motifs is 1. The summed E-state index contributed by atoms with van der Waals surface area (Å²) in [6.07, 6.45) is 11.5. The van der Waals surface area contributed by atoms with Gasteiger partial charge in [0.05, 0.1) is 16.6 Å². The normalized spacial score (nSPS) is 13.7. The van der Waals surface area contributed by atoms with Crippen LogP contribution in [0, 0.1) is 5.92 Å². The number of carbonyl (C=O) groups excluding carboxylic acids is 1. The standard InChI is InChI=1S/C15H15ClN4O2S.C8H10N2S/c1-9(8-21)5-17-14(22)15-18-7-13(23-15)11-6-19-20-3-2-10(16)4-12(11)20;1-2-8(1)11-10-7-3-5-9-6-4-7/h2-4,6-7,9,21H,5,8H2,1H3,(H,17,22);3-6,8H,1-2H2,(H,9,10). The van der Waals surface area contributed by atoms with Crippen LogP contribution >= 0.6 is 34.9 Å². The number of halogens is 1. The molecule has 0 spiro atoms. The van der Waals surface area contributed by atoms with Gasteiger partial charge in [0.25, 0.3) is 5.91 Å². The summed E-state index contributed by atoms with van der Waals surface area (Å²) in [5.41, 5.74) is 2.90. The van der Waals surface area contributed by atoms with E-state index < -0.39 is 0 Å². The number of aliphatic hydroxyl groups excluding tert-OH is 1. The molecule has 1 aliphatic rings. The van der Waals surface area contributed by atoms with Crippen LogP contribution in [-0.4, -0.2) is 49.0 Å². The van der Waals surface area contributed by atoms with E-state index in [9.17, 15) is 4.79 Å². The maximum atomic E-state index is 12.1. The molecular formula is C23H25ClN6O2S2. The van der Waals surface area contributed by atoms with Crippen LogP contribution < -0.4 is 10.0 Å². The molecule has 178 valence electrons. The zero-order chi connectivity index (χ0) is 23.9. The summed E-state index contributed by atoms with van der Waals surface area (Å²) in [6, 6.07) is 7.55. The minimum atomic E-state index is -0.240. The quantitative estimate of drug-likeness (QED) is 0.290. The average Bonchev–Trinajstić information content (AvgIpc) is 3.40. The summed E-state index contributed by atoms with van der Waals surface area (Å²) in [5.74, 6) is -0.226. The number of hydrogen-bond acceptors (Lipinski definition) is 8. The van der Waals surface area contributed by atoms with Gasteiger partial charge >= 0.3 is 0 Å². The largest absolute Gasteiger partial charge is 0.396 e. The van der Waals surface area contributed by atoms with Gasteiger partial charge in [-0.2, -0.15) is 5.10 Å². The van der Waals surface area contributed by atoms with E-state index in [0.717, 1.165) is 26.9 Å². The van der Waals surface area contributed by atoms with E-state index in [2.05, 4.69) is 25.1 Å². The summed E-state index contributed by atoms with van der Waals surface area (Å²) in [6.45, 7) is 2.30. The minimum absolute atomic E-state index is 0.0140. The van der Waals surface area contributed by atoms with E-state index in [1.807, 2.05) is 37.1 Å². The lowest BCUT2D eigenvalue weighted by Crippen LogP contribution is -2.29. The third-order valence-electron chi connectivity index (χ3n) is 4.92. The Morgan fingerprint density at radius 2 is 2.12 bits per heavy atom. The second kappa shape index (κ2) is 11.7. The van der Waals surface area contributed by atoms with Crippen molar-refractivity contribution in [2.75, 3.05) is 17.9 Å². The van der Waals surface area contributed by atoms with E-state index in [1.54, 1.807) is 41.6 Å². The third kappa shape index (κ3) is 6.69. The van der Waals surface area contributed by atoms with E-state index in [-0.39, 0.29) is 18.4 Å². The number of thiazole rings is 1. The molecule has 0 saturated heterocycles. The first-order chi connectivity index (χ1) is 16.5. The van der Waals surface area contributed by atoms with Crippen molar-refractivity contribution < 1.29 is 9.90 Å². The predicted molar refractivity (Wildman–Crippen MR) is 138 cm³/mol. The molecule has 0 aromatic carbocycles. The lowest BCUT2D eigenvalue weighted by atomic mass is 10.2. The highest BCUT2D eigenvalue weighted by Crippen LogP contribution is 2.34. The highest BCUT2D eigenvalue weighted by molar-refractivity contribution is 8.01. The molecule has 1 amide bonds. The van der Waals surface area contributed by atoms with Gasteiger partial charge in [-0.25, -0.2) is 9.50 Å². The lowest BCUT2D eigenvalue weighted by molar-refractivity contribution is 0.0942. The van der Waals surface area contributed by atoms with Crippen molar-refractivity contribution in [3.63, 3.8) is 0 Å². The fourth-order valence-electron chi connectivity index (χ4n) is 2.81. The summed E-state index contributed by atoms with van der Waals surface area (Å²) < 4.78 is 5.01. The molecule has 1 aliphatic carbocycles. The van der Waals surface area contributed by atoms with Crippen LogP contribution in [0.5, 0.6) is 0 Å². The second-order valence-corrected chi connectivity index (χ2v) is 10.5. The molecule has 0 aliphatic heterocycles. The Kier molecular flexibility index (Phi) is 8.39. The van der Waals surface area contributed by atoms with Gasteiger partial charge in [0.1, 0.15) is 0 Å². The molecule has 1 saturated carbocycles. The Bertz CT molecular complexity index is 1230. The van der Waals surface area contributed by atoms with Crippen molar-refractivity contribution >= 4 is 52.0 Å². The van der Waals surface area contributed by atoms with Crippen molar-refractivity contribution in [2.45, 2.75) is 25.0 Å². The highest BCUT2D eigenvalue weighted by Gasteiger charge is 2.21.